The molecular weight excluding hydrogens is 270 g/mol. The van der Waals surface area contributed by atoms with E-state index in [4.69, 9.17) is 9.44 Å². The average Bonchev–Trinajstić information content (AvgIpc) is 2.46. The lowest BCUT2D eigenvalue weighted by atomic mass is 10.1. The maximum atomic E-state index is 11.0. The van der Waals surface area contributed by atoms with Gasteiger partial charge in [-0.25, -0.2) is 4.79 Å². The summed E-state index contributed by atoms with van der Waals surface area (Å²) in [5, 5.41) is 8.24. The highest BCUT2D eigenvalue weighted by atomic mass is 32.2. The molecule has 0 saturated heterocycles. The van der Waals surface area contributed by atoms with Crippen molar-refractivity contribution in [3.05, 3.63) is 12.2 Å². The summed E-state index contributed by atoms with van der Waals surface area (Å²) in [5.41, 5.74) is 0. The van der Waals surface area contributed by atoms with Gasteiger partial charge in [0.05, 0.1) is 18.1 Å². The Morgan fingerprint density at radius 3 is 2.15 bits per heavy atom. The van der Waals surface area contributed by atoms with Crippen LogP contribution in [0.15, 0.2) is 12.2 Å². The molecule has 0 aliphatic rings. The summed E-state index contributed by atoms with van der Waals surface area (Å²) >= 11 is 1.18. The van der Waals surface area contributed by atoms with Crippen molar-refractivity contribution in [3.8, 4) is 6.07 Å². The fourth-order valence-corrected chi connectivity index (χ4v) is 2.46. The van der Waals surface area contributed by atoms with Gasteiger partial charge in [-0.15, -0.1) is 0 Å². The molecule has 0 heterocycles. The van der Waals surface area contributed by atoms with E-state index in [1.807, 2.05) is 0 Å². The quantitative estimate of drug-likeness (QED) is 0.203. The lowest BCUT2D eigenvalue weighted by Gasteiger charge is -2.02. The van der Waals surface area contributed by atoms with Gasteiger partial charge in [-0.3, -0.25) is 0 Å². The topological polar surface area (TPSA) is 50.1 Å². The molecule has 0 rings (SSSR count). The highest BCUT2D eigenvalue weighted by Gasteiger charge is 1.98. The van der Waals surface area contributed by atoms with Gasteiger partial charge in [-0.1, -0.05) is 64.7 Å². The van der Waals surface area contributed by atoms with Gasteiger partial charge in [0.15, 0.2) is 0 Å². The maximum Gasteiger partial charge on any atom is 0.343 e. The summed E-state index contributed by atoms with van der Waals surface area (Å²) < 4.78 is 4.87. The van der Waals surface area contributed by atoms with Crippen LogP contribution in [0.3, 0.4) is 0 Å². The van der Waals surface area contributed by atoms with E-state index in [9.17, 15) is 4.79 Å². The van der Waals surface area contributed by atoms with E-state index in [0.717, 1.165) is 24.3 Å². The standard InChI is InChI=1S/C16H27NO2S/c1-2-3-4-5-6-7-8-9-10-11-15-20-19-16(18)13-12-14-17/h12-13H,2-11,15H2,1H3. The van der Waals surface area contributed by atoms with Crippen LogP contribution in [0, 0.1) is 11.3 Å². The second kappa shape index (κ2) is 16.1. The molecule has 0 fully saturated rings. The van der Waals surface area contributed by atoms with Gasteiger partial charge in [-0.2, -0.15) is 5.26 Å². The first-order valence-corrected chi connectivity index (χ1v) is 8.62. The number of carbonyl (C=O) groups excluding carboxylic acids is 1. The fourth-order valence-electron chi connectivity index (χ4n) is 1.88. The number of unbranched alkanes of at least 4 members (excludes halogenated alkanes) is 9. The molecule has 0 amide bonds. The SMILES string of the molecule is CCCCCCCCCCCCSOC(=O)C=CC#N. The third kappa shape index (κ3) is 15.1. The second-order valence-electron chi connectivity index (χ2n) is 4.87. The van der Waals surface area contributed by atoms with Gasteiger partial charge >= 0.3 is 5.97 Å². The first-order chi connectivity index (χ1) is 9.81. The molecule has 0 bridgehead atoms. The van der Waals surface area contributed by atoms with E-state index in [1.165, 1.54) is 69.8 Å². The minimum absolute atomic E-state index is 0.455. The van der Waals surface area contributed by atoms with Crippen molar-refractivity contribution in [1.29, 1.82) is 5.26 Å². The summed E-state index contributed by atoms with van der Waals surface area (Å²) in [5.74, 6) is 0.381. The van der Waals surface area contributed by atoms with Gasteiger partial charge < -0.3 is 4.18 Å². The molecule has 20 heavy (non-hydrogen) atoms. The zero-order chi connectivity index (χ0) is 14.9. The van der Waals surface area contributed by atoms with Crippen molar-refractivity contribution in [1.82, 2.24) is 0 Å². The second-order valence-corrected chi connectivity index (χ2v) is 5.68. The van der Waals surface area contributed by atoms with Crippen molar-refractivity contribution >= 4 is 18.0 Å². The van der Waals surface area contributed by atoms with Crippen LogP contribution < -0.4 is 0 Å². The van der Waals surface area contributed by atoms with Crippen LogP contribution in [0.4, 0.5) is 0 Å². The molecule has 3 nitrogen and oxygen atoms in total. The fraction of sp³-hybridized carbons (Fsp3) is 0.750. The Labute approximate surface area is 128 Å². The summed E-state index contributed by atoms with van der Waals surface area (Å²) in [6.45, 7) is 2.25. The van der Waals surface area contributed by atoms with Crippen LogP contribution in [-0.4, -0.2) is 11.7 Å². The number of nitrogens with zero attached hydrogens (tertiary/aromatic N) is 1. The van der Waals surface area contributed by atoms with Crippen molar-refractivity contribution in [3.63, 3.8) is 0 Å². The third-order valence-corrected chi connectivity index (χ3v) is 3.75. The number of hydrogen-bond donors (Lipinski definition) is 0. The van der Waals surface area contributed by atoms with Crippen molar-refractivity contribution in [2.24, 2.45) is 0 Å². The van der Waals surface area contributed by atoms with Gasteiger partial charge in [0.2, 0.25) is 0 Å². The Morgan fingerprint density at radius 2 is 1.60 bits per heavy atom. The monoisotopic (exact) mass is 297 g/mol. The molecule has 0 atom stereocenters. The molecule has 114 valence electrons. The van der Waals surface area contributed by atoms with Crippen LogP contribution >= 0.6 is 12.0 Å². The van der Waals surface area contributed by atoms with Crippen molar-refractivity contribution in [2.75, 3.05) is 5.75 Å². The number of nitriles is 1. The van der Waals surface area contributed by atoms with E-state index in [1.54, 1.807) is 6.07 Å². The molecular formula is C16H27NO2S. The molecule has 0 aliphatic carbocycles. The Balaban J connectivity index is 3.12. The molecule has 0 spiro atoms. The molecule has 4 heteroatoms. The van der Waals surface area contributed by atoms with Crippen LogP contribution in [0.5, 0.6) is 0 Å². The van der Waals surface area contributed by atoms with Gasteiger partial charge in [-0.05, 0) is 6.42 Å². The summed E-state index contributed by atoms with van der Waals surface area (Å²) in [7, 11) is 0. The molecule has 0 radical (unpaired) electrons. The normalized spacial score (nSPS) is 10.6. The van der Waals surface area contributed by atoms with E-state index in [2.05, 4.69) is 6.92 Å². The first kappa shape index (κ1) is 19.1. The van der Waals surface area contributed by atoms with E-state index in [-0.39, 0.29) is 0 Å². The molecule has 0 unspecified atom stereocenters. The predicted octanol–water partition coefficient (Wildman–Crippen LogP) is 5.18. The minimum atomic E-state index is -0.455. The molecule has 0 saturated carbocycles. The highest BCUT2D eigenvalue weighted by molar-refractivity contribution is 7.95. The maximum absolute atomic E-state index is 11.0. The zero-order valence-corrected chi connectivity index (χ0v) is 13.4. The number of allylic oxidation sites excluding steroid dienone is 1. The van der Waals surface area contributed by atoms with Crippen LogP contribution in [0.1, 0.15) is 71.1 Å². The lowest BCUT2D eigenvalue weighted by molar-refractivity contribution is -0.127. The molecule has 0 N–H and O–H groups in total. The van der Waals surface area contributed by atoms with Crippen LogP contribution in [0.25, 0.3) is 0 Å². The Bertz CT molecular complexity index is 297. The van der Waals surface area contributed by atoms with E-state index < -0.39 is 5.97 Å². The molecule has 0 aromatic rings. The van der Waals surface area contributed by atoms with Gasteiger partial charge in [0.25, 0.3) is 0 Å². The zero-order valence-electron chi connectivity index (χ0n) is 12.6. The summed E-state index contributed by atoms with van der Waals surface area (Å²) in [6, 6.07) is 1.75. The number of carbonyl (C=O) groups is 1. The Kier molecular flexibility index (Phi) is 15.3. The predicted molar refractivity (Wildman–Crippen MR) is 85.1 cm³/mol. The van der Waals surface area contributed by atoms with Crippen LogP contribution in [0.2, 0.25) is 0 Å². The van der Waals surface area contributed by atoms with E-state index in [0.29, 0.717) is 0 Å². The minimum Gasteiger partial charge on any atom is -0.388 e. The smallest absolute Gasteiger partial charge is 0.343 e. The van der Waals surface area contributed by atoms with Crippen molar-refractivity contribution < 1.29 is 8.98 Å². The first-order valence-electron chi connectivity index (χ1n) is 7.70. The van der Waals surface area contributed by atoms with Gasteiger partial charge in [0, 0.05) is 17.9 Å². The number of rotatable bonds is 13. The average molecular weight is 297 g/mol. The molecule has 0 aromatic heterocycles. The van der Waals surface area contributed by atoms with E-state index >= 15 is 0 Å². The summed E-state index contributed by atoms with van der Waals surface area (Å²) in [6.07, 6.45) is 15.3. The van der Waals surface area contributed by atoms with Gasteiger partial charge in [0.1, 0.15) is 0 Å². The molecule has 0 aromatic carbocycles. The van der Waals surface area contributed by atoms with Crippen LogP contribution in [-0.2, 0) is 8.98 Å². The number of hydrogen-bond acceptors (Lipinski definition) is 4. The highest BCUT2D eigenvalue weighted by Crippen LogP contribution is 2.13. The Morgan fingerprint density at radius 1 is 1.05 bits per heavy atom. The summed E-state index contributed by atoms with van der Waals surface area (Å²) in [4.78, 5) is 11.0. The molecule has 0 aliphatic heterocycles. The largest absolute Gasteiger partial charge is 0.388 e. The lowest BCUT2D eigenvalue weighted by Crippen LogP contribution is -1.94. The Hall–Kier alpha value is -0.950. The van der Waals surface area contributed by atoms with Crippen molar-refractivity contribution in [2.45, 2.75) is 71.1 Å². The third-order valence-electron chi connectivity index (χ3n) is 3.02.